The lowest BCUT2D eigenvalue weighted by Gasteiger charge is -2.56. The number of hydrogen-bond donors (Lipinski definition) is 2. The summed E-state index contributed by atoms with van der Waals surface area (Å²) in [7, 11) is -2.63. The molecule has 5 rings (SSSR count). The maximum Gasteiger partial charge on any atom is 0.261 e. The number of hydrogen-bond acceptors (Lipinski definition) is 4. The second-order valence-corrected chi connectivity index (χ2v) is 19.2. The van der Waals surface area contributed by atoms with Crippen LogP contribution in [0.4, 0.5) is 0 Å². The maximum atomic E-state index is 12.9. The molecular weight excluding hydrogens is 524 g/mol. The lowest BCUT2D eigenvalue weighted by Crippen LogP contribution is -2.66. The molecule has 2 aromatic carbocycles. The Morgan fingerprint density at radius 3 is 2.07 bits per heavy atom. The monoisotopic (exact) mass is 576 g/mol. The van der Waals surface area contributed by atoms with Crippen LogP contribution in [0.5, 0.6) is 0 Å². The molecular formula is C36H52O4Si. The van der Waals surface area contributed by atoms with Crippen LogP contribution in [0.25, 0.3) is 0 Å². The Morgan fingerprint density at radius 1 is 0.902 bits per heavy atom. The summed E-state index contributed by atoms with van der Waals surface area (Å²) >= 11 is 0. The van der Waals surface area contributed by atoms with Gasteiger partial charge in [0.1, 0.15) is 5.78 Å². The van der Waals surface area contributed by atoms with E-state index in [1.165, 1.54) is 10.4 Å². The standard InChI is InChI=1S/C36H52O4Si/c1-34(2,3)41(28-12-8-6-9-13-28,29-14-10-7-11-15-29)40-23-20-26-24-27(38)18-21-35(26,4)32-19-22-36(5)31(30(32)25-37)16-17-33(36)39/h6-15,26-27,30-32,37-38H,16-25H2,1-5H3/t26-,27-,30-,31?,32?,35-,36-/m0/s1. The van der Waals surface area contributed by atoms with Crippen LogP contribution in [0, 0.1) is 34.5 Å². The minimum Gasteiger partial charge on any atom is -0.407 e. The molecule has 2 N–H and O–H groups in total. The summed E-state index contributed by atoms with van der Waals surface area (Å²) in [5.41, 5.74) is -0.259. The van der Waals surface area contributed by atoms with Gasteiger partial charge in [-0.1, -0.05) is 95.3 Å². The first-order valence-electron chi connectivity index (χ1n) is 16.0. The Kier molecular flexibility index (Phi) is 8.76. The Hall–Kier alpha value is -1.79. The first-order valence-corrected chi connectivity index (χ1v) is 18.0. The molecule has 0 radical (unpaired) electrons. The lowest BCUT2D eigenvalue weighted by atomic mass is 9.49. The number of carbonyl (C=O) groups is 1. The van der Waals surface area contributed by atoms with Crippen LogP contribution in [0.1, 0.15) is 86.0 Å². The van der Waals surface area contributed by atoms with Crippen molar-refractivity contribution in [1.29, 1.82) is 0 Å². The molecule has 3 aliphatic rings. The van der Waals surface area contributed by atoms with E-state index in [9.17, 15) is 15.0 Å². The Labute approximate surface area is 249 Å². The molecule has 0 spiro atoms. The van der Waals surface area contributed by atoms with E-state index < -0.39 is 8.32 Å². The molecule has 4 nitrogen and oxygen atoms in total. The number of benzene rings is 2. The average Bonchev–Trinajstić information content (AvgIpc) is 3.26. The van der Waals surface area contributed by atoms with Crippen LogP contribution >= 0.6 is 0 Å². The number of carbonyl (C=O) groups excluding carboxylic acids is 1. The highest BCUT2D eigenvalue weighted by Gasteiger charge is 2.58. The van der Waals surface area contributed by atoms with Gasteiger partial charge in [0.15, 0.2) is 0 Å². The molecule has 5 heteroatoms. The summed E-state index contributed by atoms with van der Waals surface area (Å²) in [5.74, 6) is 1.50. The fourth-order valence-corrected chi connectivity index (χ4v) is 14.2. The molecule has 0 aromatic heterocycles. The highest BCUT2D eigenvalue weighted by Crippen LogP contribution is 2.61. The lowest BCUT2D eigenvalue weighted by molar-refractivity contribution is -0.137. The predicted octanol–water partition coefficient (Wildman–Crippen LogP) is 6.12. The quantitative estimate of drug-likeness (QED) is 0.372. The van der Waals surface area contributed by atoms with Gasteiger partial charge >= 0.3 is 0 Å². The maximum absolute atomic E-state index is 12.9. The average molecular weight is 577 g/mol. The summed E-state index contributed by atoms with van der Waals surface area (Å²) < 4.78 is 7.30. The summed E-state index contributed by atoms with van der Waals surface area (Å²) in [4.78, 5) is 12.9. The largest absolute Gasteiger partial charge is 0.407 e. The molecule has 2 aromatic rings. The van der Waals surface area contributed by atoms with Crippen LogP contribution in [0.15, 0.2) is 60.7 Å². The van der Waals surface area contributed by atoms with Crippen LogP contribution in [-0.2, 0) is 9.22 Å². The van der Waals surface area contributed by atoms with Crippen molar-refractivity contribution in [3.05, 3.63) is 60.7 Å². The number of fused-ring (bicyclic) bond motifs is 1. The molecule has 0 amide bonds. The number of aliphatic hydroxyl groups is 2. The normalized spacial score (nSPS) is 34.4. The Bertz CT molecular complexity index is 1140. The van der Waals surface area contributed by atoms with E-state index in [2.05, 4.69) is 95.3 Å². The summed E-state index contributed by atoms with van der Waals surface area (Å²) in [6.07, 6.45) is 6.69. The zero-order chi connectivity index (χ0) is 29.5. The molecule has 3 saturated carbocycles. The van der Waals surface area contributed by atoms with Crippen LogP contribution in [0.3, 0.4) is 0 Å². The molecule has 7 atom stereocenters. The number of ketones is 1. The first kappa shape index (κ1) is 30.7. The number of rotatable bonds is 8. The first-order chi connectivity index (χ1) is 19.5. The van der Waals surface area contributed by atoms with E-state index in [1.807, 2.05) is 0 Å². The van der Waals surface area contributed by atoms with Gasteiger partial charge in [-0.2, -0.15) is 0 Å². The van der Waals surface area contributed by atoms with Crippen molar-refractivity contribution in [2.24, 2.45) is 34.5 Å². The van der Waals surface area contributed by atoms with Gasteiger partial charge < -0.3 is 14.6 Å². The van der Waals surface area contributed by atoms with Crippen molar-refractivity contribution in [1.82, 2.24) is 0 Å². The van der Waals surface area contributed by atoms with Gasteiger partial charge in [0, 0.05) is 25.0 Å². The van der Waals surface area contributed by atoms with Gasteiger partial charge in [-0.3, -0.25) is 4.79 Å². The van der Waals surface area contributed by atoms with Gasteiger partial charge in [-0.05, 0) is 89.4 Å². The molecule has 41 heavy (non-hydrogen) atoms. The van der Waals surface area contributed by atoms with Crippen LogP contribution in [-0.4, -0.2) is 43.6 Å². The Morgan fingerprint density at radius 2 is 1.51 bits per heavy atom. The molecule has 0 aliphatic heterocycles. The second-order valence-electron chi connectivity index (χ2n) is 14.9. The molecule has 3 fully saturated rings. The Balaban J connectivity index is 1.43. The highest BCUT2D eigenvalue weighted by molar-refractivity contribution is 6.99. The van der Waals surface area contributed by atoms with Crippen molar-refractivity contribution in [3.8, 4) is 0 Å². The predicted molar refractivity (Wildman–Crippen MR) is 169 cm³/mol. The summed E-state index contributed by atoms with van der Waals surface area (Å²) in [5, 5.41) is 24.1. The third kappa shape index (κ3) is 5.30. The zero-order valence-corrected chi connectivity index (χ0v) is 26.9. The molecule has 0 heterocycles. The van der Waals surface area contributed by atoms with Crippen molar-refractivity contribution in [2.75, 3.05) is 13.2 Å². The molecule has 0 bridgehead atoms. The van der Waals surface area contributed by atoms with E-state index in [0.29, 0.717) is 30.6 Å². The third-order valence-corrected chi connectivity index (χ3v) is 17.0. The van der Waals surface area contributed by atoms with Gasteiger partial charge in [0.25, 0.3) is 8.32 Å². The van der Waals surface area contributed by atoms with Crippen molar-refractivity contribution in [2.45, 2.75) is 97.1 Å². The van der Waals surface area contributed by atoms with Crippen molar-refractivity contribution >= 4 is 24.5 Å². The third-order valence-electron chi connectivity index (χ3n) is 11.9. The van der Waals surface area contributed by atoms with E-state index in [4.69, 9.17) is 4.43 Å². The smallest absolute Gasteiger partial charge is 0.261 e. The minimum atomic E-state index is -2.63. The highest BCUT2D eigenvalue weighted by atomic mass is 28.4. The van der Waals surface area contributed by atoms with Gasteiger partial charge in [-0.15, -0.1) is 0 Å². The van der Waals surface area contributed by atoms with Crippen LogP contribution in [0.2, 0.25) is 5.04 Å². The summed E-state index contributed by atoms with van der Waals surface area (Å²) in [6, 6.07) is 21.6. The van der Waals surface area contributed by atoms with Crippen LogP contribution < -0.4 is 10.4 Å². The zero-order valence-electron chi connectivity index (χ0n) is 25.9. The van der Waals surface area contributed by atoms with Gasteiger partial charge in [-0.25, -0.2) is 0 Å². The fraction of sp³-hybridized carbons (Fsp3) is 0.639. The van der Waals surface area contributed by atoms with Crippen molar-refractivity contribution in [3.63, 3.8) is 0 Å². The molecule has 224 valence electrons. The van der Waals surface area contributed by atoms with E-state index >= 15 is 0 Å². The minimum absolute atomic E-state index is 0.00833. The van der Waals surface area contributed by atoms with E-state index in [0.717, 1.165) is 44.9 Å². The fourth-order valence-electron chi connectivity index (χ4n) is 9.58. The van der Waals surface area contributed by atoms with E-state index in [-0.39, 0.29) is 40.4 Å². The van der Waals surface area contributed by atoms with Gasteiger partial charge in [0.2, 0.25) is 0 Å². The number of aliphatic hydroxyl groups excluding tert-OH is 2. The van der Waals surface area contributed by atoms with E-state index in [1.54, 1.807) is 0 Å². The molecule has 2 unspecified atom stereocenters. The second kappa shape index (κ2) is 11.7. The molecule has 3 aliphatic carbocycles. The SMILES string of the molecule is CC(C)(C)[Si](OCC[C@H]1C[C@@H](O)CC[C@]1(C)C1CC[C@]2(C)C(=O)CCC2[C@@H]1CO)(c1ccccc1)c1ccccc1. The van der Waals surface area contributed by atoms with Crippen molar-refractivity contribution < 1.29 is 19.4 Å². The number of Topliss-reactive ketones (excluding diaryl/α,β-unsaturated/α-hetero) is 1. The summed E-state index contributed by atoms with van der Waals surface area (Å²) in [6.45, 7) is 12.4. The van der Waals surface area contributed by atoms with Gasteiger partial charge in [0.05, 0.1) is 6.10 Å². The molecule has 0 saturated heterocycles. The topological polar surface area (TPSA) is 66.8 Å².